The molecule has 2 fully saturated rings. The molecule has 1 aromatic carbocycles. The highest BCUT2D eigenvalue weighted by atomic mass is 32.1. The summed E-state index contributed by atoms with van der Waals surface area (Å²) in [6, 6.07) is 7.79. The Morgan fingerprint density at radius 1 is 1.31 bits per heavy atom. The van der Waals surface area contributed by atoms with E-state index in [2.05, 4.69) is 5.32 Å². The van der Waals surface area contributed by atoms with E-state index in [0.717, 1.165) is 12.8 Å². The lowest BCUT2D eigenvalue weighted by Crippen LogP contribution is -2.51. The van der Waals surface area contributed by atoms with Crippen LogP contribution in [0.1, 0.15) is 32.9 Å². The Bertz CT molecular complexity index is 839. The van der Waals surface area contributed by atoms with Gasteiger partial charge >= 0.3 is 0 Å². The van der Waals surface area contributed by atoms with Crippen molar-refractivity contribution in [2.75, 3.05) is 13.7 Å². The molecule has 1 aromatic heterocycles. The number of ether oxygens (including phenoxy) is 1. The van der Waals surface area contributed by atoms with Crippen LogP contribution < -0.4 is 10.1 Å². The molecule has 1 N–H and O–H groups in total. The highest BCUT2D eigenvalue weighted by Gasteiger charge is 2.47. The van der Waals surface area contributed by atoms with Crippen LogP contribution in [0, 0.1) is 11.7 Å². The molecule has 136 valence electrons. The zero-order chi connectivity index (χ0) is 18.3. The Morgan fingerprint density at radius 2 is 2.15 bits per heavy atom. The number of methoxy groups -OCH3 is 1. The molecule has 2 aliphatic rings. The summed E-state index contributed by atoms with van der Waals surface area (Å²) in [4.78, 5) is 27.6. The van der Waals surface area contributed by atoms with Gasteiger partial charge in [0.05, 0.1) is 18.0 Å². The molecular weight excluding hydrogens is 355 g/mol. The topological polar surface area (TPSA) is 58.6 Å². The Balaban J connectivity index is 1.49. The van der Waals surface area contributed by atoms with E-state index in [9.17, 15) is 14.0 Å². The van der Waals surface area contributed by atoms with Crippen molar-refractivity contribution in [1.82, 2.24) is 10.2 Å². The summed E-state index contributed by atoms with van der Waals surface area (Å²) in [5, 5.41) is 4.93. The first-order chi connectivity index (χ1) is 12.6. The first kappa shape index (κ1) is 17.0. The molecule has 1 saturated heterocycles. The SMILES string of the molecule is COc1ccc(C(=O)N2CC3CC(NC(=O)c4cccs4)C2C3)cc1F. The van der Waals surface area contributed by atoms with Gasteiger partial charge < -0.3 is 15.0 Å². The van der Waals surface area contributed by atoms with Crippen LogP contribution in [0.2, 0.25) is 0 Å². The maximum absolute atomic E-state index is 13.9. The van der Waals surface area contributed by atoms with Gasteiger partial charge in [-0.25, -0.2) is 4.39 Å². The normalized spacial score (nSPS) is 23.9. The average molecular weight is 374 g/mol. The van der Waals surface area contributed by atoms with Crippen molar-refractivity contribution in [2.45, 2.75) is 24.9 Å². The summed E-state index contributed by atoms with van der Waals surface area (Å²) in [5.74, 6) is -0.355. The fourth-order valence-corrected chi connectivity index (χ4v) is 4.65. The van der Waals surface area contributed by atoms with Gasteiger partial charge in [-0.3, -0.25) is 9.59 Å². The van der Waals surface area contributed by atoms with E-state index in [1.54, 1.807) is 17.0 Å². The number of piperidine rings is 1. The molecular formula is C19H19FN2O3S. The van der Waals surface area contributed by atoms with Crippen LogP contribution in [0.5, 0.6) is 5.75 Å². The number of rotatable bonds is 4. The summed E-state index contributed by atoms with van der Waals surface area (Å²) >= 11 is 1.40. The van der Waals surface area contributed by atoms with Crippen molar-refractivity contribution in [3.8, 4) is 5.75 Å². The molecule has 2 heterocycles. The zero-order valence-electron chi connectivity index (χ0n) is 14.3. The van der Waals surface area contributed by atoms with Crippen LogP contribution >= 0.6 is 11.3 Å². The summed E-state index contributed by atoms with van der Waals surface area (Å²) < 4.78 is 18.8. The number of likely N-dealkylation sites (tertiary alicyclic amines) is 1. The molecule has 3 atom stereocenters. The van der Waals surface area contributed by atoms with Crippen LogP contribution in [0.4, 0.5) is 4.39 Å². The van der Waals surface area contributed by atoms with Crippen LogP contribution in [0.25, 0.3) is 0 Å². The number of fused-ring (bicyclic) bond motifs is 2. The number of hydrogen-bond acceptors (Lipinski definition) is 4. The fourth-order valence-electron chi connectivity index (χ4n) is 4.03. The average Bonchev–Trinajstić information content (AvgIpc) is 3.37. The van der Waals surface area contributed by atoms with Crippen molar-refractivity contribution >= 4 is 23.2 Å². The standard InChI is InChI=1S/C19H19FN2O3S/c1-25-16-5-4-12(9-13(16)20)19(24)22-10-11-7-14(15(22)8-11)21-18(23)17-3-2-6-26-17/h2-6,9,11,14-15H,7-8,10H2,1H3,(H,21,23). The van der Waals surface area contributed by atoms with Crippen LogP contribution in [-0.4, -0.2) is 42.5 Å². The third-order valence-electron chi connectivity index (χ3n) is 5.20. The lowest BCUT2D eigenvalue weighted by atomic mass is 10.0. The van der Waals surface area contributed by atoms with E-state index in [1.807, 2.05) is 11.4 Å². The Kier molecular flexibility index (Phi) is 4.40. The third-order valence-corrected chi connectivity index (χ3v) is 6.07. The van der Waals surface area contributed by atoms with E-state index in [1.165, 1.54) is 30.6 Å². The molecule has 1 saturated carbocycles. The van der Waals surface area contributed by atoms with Gasteiger partial charge in [0.25, 0.3) is 11.8 Å². The molecule has 4 rings (SSSR count). The molecule has 5 nitrogen and oxygen atoms in total. The third kappa shape index (κ3) is 2.96. The van der Waals surface area contributed by atoms with E-state index >= 15 is 0 Å². The van der Waals surface area contributed by atoms with Gasteiger partial charge in [-0.2, -0.15) is 0 Å². The second kappa shape index (κ2) is 6.72. The van der Waals surface area contributed by atoms with E-state index in [-0.39, 0.29) is 29.6 Å². The smallest absolute Gasteiger partial charge is 0.261 e. The number of carbonyl (C=O) groups is 2. The Morgan fingerprint density at radius 3 is 2.81 bits per heavy atom. The van der Waals surface area contributed by atoms with Gasteiger partial charge in [0.15, 0.2) is 11.6 Å². The van der Waals surface area contributed by atoms with Gasteiger partial charge in [0.2, 0.25) is 0 Å². The summed E-state index contributed by atoms with van der Waals surface area (Å²) in [7, 11) is 1.39. The van der Waals surface area contributed by atoms with Gasteiger partial charge in [-0.05, 0) is 48.4 Å². The molecule has 26 heavy (non-hydrogen) atoms. The predicted molar refractivity (Wildman–Crippen MR) is 96.1 cm³/mol. The molecule has 7 heteroatoms. The molecule has 2 amide bonds. The highest BCUT2D eigenvalue weighted by molar-refractivity contribution is 7.12. The maximum atomic E-state index is 13.9. The minimum Gasteiger partial charge on any atom is -0.494 e. The van der Waals surface area contributed by atoms with Crippen molar-refractivity contribution in [3.05, 3.63) is 52.0 Å². The van der Waals surface area contributed by atoms with Gasteiger partial charge in [-0.1, -0.05) is 6.07 Å². The van der Waals surface area contributed by atoms with Crippen LogP contribution in [0.15, 0.2) is 35.7 Å². The number of amides is 2. The quantitative estimate of drug-likeness (QED) is 0.895. The molecule has 2 bridgehead atoms. The number of benzene rings is 1. The molecule has 3 unspecified atom stereocenters. The second-order valence-electron chi connectivity index (χ2n) is 6.77. The van der Waals surface area contributed by atoms with Crippen molar-refractivity contribution < 1.29 is 18.7 Å². The van der Waals surface area contributed by atoms with Crippen LogP contribution in [0.3, 0.4) is 0 Å². The molecule has 2 aromatic rings. The van der Waals surface area contributed by atoms with Crippen molar-refractivity contribution in [3.63, 3.8) is 0 Å². The number of carbonyl (C=O) groups excluding carboxylic acids is 2. The highest BCUT2D eigenvalue weighted by Crippen LogP contribution is 2.39. The van der Waals surface area contributed by atoms with Crippen LogP contribution in [-0.2, 0) is 0 Å². The van der Waals surface area contributed by atoms with Crippen molar-refractivity contribution in [2.24, 2.45) is 5.92 Å². The number of nitrogens with one attached hydrogen (secondary N) is 1. The largest absolute Gasteiger partial charge is 0.494 e. The minimum atomic E-state index is -0.551. The molecule has 0 radical (unpaired) electrons. The van der Waals surface area contributed by atoms with Gasteiger partial charge in [-0.15, -0.1) is 11.3 Å². The summed E-state index contributed by atoms with van der Waals surface area (Å²) in [5.41, 5.74) is 0.305. The first-order valence-corrected chi connectivity index (χ1v) is 9.43. The Labute approximate surface area is 154 Å². The number of nitrogens with zero attached hydrogens (tertiary/aromatic N) is 1. The maximum Gasteiger partial charge on any atom is 0.261 e. The summed E-state index contributed by atoms with van der Waals surface area (Å²) in [6.45, 7) is 0.655. The van der Waals surface area contributed by atoms with Gasteiger partial charge in [0.1, 0.15) is 0 Å². The van der Waals surface area contributed by atoms with E-state index in [4.69, 9.17) is 4.74 Å². The van der Waals surface area contributed by atoms with Crippen molar-refractivity contribution in [1.29, 1.82) is 0 Å². The summed E-state index contributed by atoms with van der Waals surface area (Å²) in [6.07, 6.45) is 1.75. The number of hydrogen-bond donors (Lipinski definition) is 1. The fraction of sp³-hybridized carbons (Fsp3) is 0.368. The first-order valence-electron chi connectivity index (χ1n) is 8.55. The molecule has 0 spiro atoms. The minimum absolute atomic E-state index is 0.0402. The zero-order valence-corrected chi connectivity index (χ0v) is 15.1. The van der Waals surface area contributed by atoms with E-state index in [0.29, 0.717) is 22.9 Å². The lowest BCUT2D eigenvalue weighted by Gasteiger charge is -2.33. The Hall–Kier alpha value is -2.41. The lowest BCUT2D eigenvalue weighted by molar-refractivity contribution is 0.0648. The number of halogens is 1. The monoisotopic (exact) mass is 374 g/mol. The number of thiophene rings is 1. The van der Waals surface area contributed by atoms with Gasteiger partial charge in [0, 0.05) is 18.2 Å². The second-order valence-corrected chi connectivity index (χ2v) is 7.72. The van der Waals surface area contributed by atoms with E-state index < -0.39 is 5.82 Å². The molecule has 1 aliphatic carbocycles. The predicted octanol–water partition coefficient (Wildman–Crippen LogP) is 2.93. The molecule has 1 aliphatic heterocycles.